The Hall–Kier alpha value is -2.04. The number of benzene rings is 1. The summed E-state index contributed by atoms with van der Waals surface area (Å²) >= 11 is 0. The Morgan fingerprint density at radius 3 is 2.42 bits per heavy atom. The summed E-state index contributed by atoms with van der Waals surface area (Å²) in [4.78, 5) is 28.6. The number of carbonyl (C=O) groups excluding carboxylic acids is 2. The molecule has 0 saturated carbocycles. The van der Waals surface area contributed by atoms with Gasteiger partial charge in [-0.15, -0.1) is 0 Å². The van der Waals surface area contributed by atoms with E-state index in [9.17, 15) is 9.59 Å². The Balaban J connectivity index is 1.96. The quantitative estimate of drug-likeness (QED) is 0.835. The third kappa shape index (κ3) is 4.08. The fourth-order valence-electron chi connectivity index (χ4n) is 3.14. The lowest BCUT2D eigenvalue weighted by molar-refractivity contribution is -0.129. The summed E-state index contributed by atoms with van der Waals surface area (Å²) in [5.74, 6) is -0.236. The van der Waals surface area contributed by atoms with Crippen molar-refractivity contribution in [2.45, 2.75) is 46.6 Å². The zero-order valence-electron chi connectivity index (χ0n) is 15.2. The minimum absolute atomic E-state index is 0.0651. The molecule has 5 heteroatoms. The number of amides is 2. The monoisotopic (exact) mass is 331 g/mol. The average Bonchev–Trinajstić information content (AvgIpc) is 2.98. The van der Waals surface area contributed by atoms with E-state index in [0.29, 0.717) is 13.0 Å². The molecule has 24 heavy (non-hydrogen) atoms. The van der Waals surface area contributed by atoms with Crippen LogP contribution in [0.15, 0.2) is 24.3 Å². The summed E-state index contributed by atoms with van der Waals surface area (Å²) in [5, 5.41) is 2.95. The van der Waals surface area contributed by atoms with Gasteiger partial charge in [0.1, 0.15) is 0 Å². The van der Waals surface area contributed by atoms with Gasteiger partial charge in [0.25, 0.3) is 0 Å². The lowest BCUT2D eigenvalue weighted by Gasteiger charge is -2.23. The fraction of sp³-hybridized carbons (Fsp3) is 0.579. The molecule has 1 aliphatic heterocycles. The number of nitrogens with zero attached hydrogens (tertiary/aromatic N) is 2. The van der Waals surface area contributed by atoms with Crippen LogP contribution in [0.3, 0.4) is 0 Å². The molecule has 0 bridgehead atoms. The molecule has 2 unspecified atom stereocenters. The van der Waals surface area contributed by atoms with Gasteiger partial charge in [0, 0.05) is 43.5 Å². The van der Waals surface area contributed by atoms with Crippen LogP contribution in [0.1, 0.15) is 40.5 Å². The van der Waals surface area contributed by atoms with Crippen LogP contribution in [0, 0.1) is 5.92 Å². The van der Waals surface area contributed by atoms with Gasteiger partial charge in [-0.3, -0.25) is 9.59 Å². The number of hydrogen-bond donors (Lipinski definition) is 1. The Morgan fingerprint density at radius 1 is 1.25 bits per heavy atom. The van der Waals surface area contributed by atoms with Crippen LogP contribution in [0.4, 0.5) is 11.4 Å². The fourth-order valence-corrected chi connectivity index (χ4v) is 3.14. The number of likely N-dealkylation sites (tertiary alicyclic amines) is 1. The molecule has 0 spiro atoms. The first-order valence-electron chi connectivity index (χ1n) is 8.95. The maximum Gasteiger partial charge on any atom is 0.229 e. The van der Waals surface area contributed by atoms with E-state index in [4.69, 9.17) is 0 Å². The molecular weight excluding hydrogens is 302 g/mol. The Labute approximate surface area is 145 Å². The smallest absolute Gasteiger partial charge is 0.229 e. The van der Waals surface area contributed by atoms with Crippen LogP contribution in [0.2, 0.25) is 0 Å². The van der Waals surface area contributed by atoms with Crippen LogP contribution < -0.4 is 10.2 Å². The molecule has 0 radical (unpaired) electrons. The number of nitrogens with one attached hydrogen (secondary N) is 1. The molecule has 1 fully saturated rings. The van der Waals surface area contributed by atoms with Gasteiger partial charge in [-0.2, -0.15) is 0 Å². The minimum atomic E-state index is -0.256. The lowest BCUT2D eigenvalue weighted by atomic mass is 10.1. The van der Waals surface area contributed by atoms with Gasteiger partial charge in [0.05, 0.1) is 5.92 Å². The van der Waals surface area contributed by atoms with Crippen molar-refractivity contribution in [1.29, 1.82) is 0 Å². The van der Waals surface area contributed by atoms with Crippen molar-refractivity contribution in [3.8, 4) is 0 Å². The second-order valence-corrected chi connectivity index (χ2v) is 6.41. The van der Waals surface area contributed by atoms with Crippen molar-refractivity contribution < 1.29 is 9.59 Å². The zero-order chi connectivity index (χ0) is 17.7. The molecule has 1 saturated heterocycles. The Bertz CT molecular complexity index is 566. The van der Waals surface area contributed by atoms with Gasteiger partial charge < -0.3 is 15.1 Å². The molecule has 1 aliphatic rings. The third-order valence-electron chi connectivity index (χ3n) is 4.92. The van der Waals surface area contributed by atoms with Crippen LogP contribution in [-0.4, -0.2) is 42.4 Å². The molecule has 1 heterocycles. The molecule has 1 aromatic carbocycles. The predicted molar refractivity (Wildman–Crippen MR) is 98.2 cm³/mol. The van der Waals surface area contributed by atoms with E-state index >= 15 is 0 Å². The number of hydrogen-bond acceptors (Lipinski definition) is 3. The topological polar surface area (TPSA) is 52.7 Å². The first kappa shape index (κ1) is 18.3. The van der Waals surface area contributed by atoms with Crippen LogP contribution >= 0.6 is 0 Å². The van der Waals surface area contributed by atoms with Crippen LogP contribution in [-0.2, 0) is 9.59 Å². The lowest BCUT2D eigenvalue weighted by Crippen LogP contribution is -2.35. The van der Waals surface area contributed by atoms with Crippen molar-refractivity contribution in [1.82, 2.24) is 4.90 Å². The average molecular weight is 331 g/mol. The standard InChI is InChI=1S/C19H29N3O2/c1-5-14(4)22-13-15(12-18(22)23)19(24)20-16-8-10-17(11-9-16)21(6-2)7-3/h8-11,14-15H,5-7,12-13H2,1-4H3,(H,20,24). The van der Waals surface area contributed by atoms with E-state index in [2.05, 4.69) is 31.0 Å². The van der Waals surface area contributed by atoms with Crippen molar-refractivity contribution in [3.05, 3.63) is 24.3 Å². The molecule has 5 nitrogen and oxygen atoms in total. The van der Waals surface area contributed by atoms with Crippen LogP contribution in [0.5, 0.6) is 0 Å². The van der Waals surface area contributed by atoms with Gasteiger partial charge in [0.15, 0.2) is 0 Å². The molecule has 0 aromatic heterocycles. The Morgan fingerprint density at radius 2 is 1.88 bits per heavy atom. The van der Waals surface area contributed by atoms with Crippen molar-refractivity contribution in [2.75, 3.05) is 29.9 Å². The van der Waals surface area contributed by atoms with E-state index in [1.807, 2.05) is 36.1 Å². The zero-order valence-corrected chi connectivity index (χ0v) is 15.2. The second kappa shape index (κ2) is 8.18. The number of carbonyl (C=O) groups is 2. The summed E-state index contributed by atoms with van der Waals surface area (Å²) in [7, 11) is 0. The van der Waals surface area contributed by atoms with E-state index < -0.39 is 0 Å². The number of anilines is 2. The summed E-state index contributed by atoms with van der Waals surface area (Å²) in [5.41, 5.74) is 1.93. The SMILES string of the molecule is CCC(C)N1CC(C(=O)Nc2ccc(N(CC)CC)cc2)CC1=O. The first-order chi connectivity index (χ1) is 11.5. The van der Waals surface area contributed by atoms with E-state index in [-0.39, 0.29) is 23.8 Å². The highest BCUT2D eigenvalue weighted by atomic mass is 16.2. The summed E-state index contributed by atoms with van der Waals surface area (Å²) in [6.45, 7) is 10.8. The normalized spacial score (nSPS) is 18.6. The first-order valence-corrected chi connectivity index (χ1v) is 8.95. The van der Waals surface area contributed by atoms with Gasteiger partial charge in [0.2, 0.25) is 11.8 Å². The molecule has 1 aromatic rings. The van der Waals surface area contributed by atoms with Gasteiger partial charge in [-0.1, -0.05) is 6.92 Å². The summed E-state index contributed by atoms with van der Waals surface area (Å²) in [6.07, 6.45) is 1.22. The highest BCUT2D eigenvalue weighted by molar-refractivity contribution is 5.97. The molecule has 2 rings (SSSR count). The molecular formula is C19H29N3O2. The predicted octanol–water partition coefficient (Wildman–Crippen LogP) is 3.12. The summed E-state index contributed by atoms with van der Waals surface area (Å²) in [6, 6.07) is 8.09. The van der Waals surface area contributed by atoms with E-state index in [0.717, 1.165) is 30.9 Å². The van der Waals surface area contributed by atoms with Crippen molar-refractivity contribution >= 4 is 23.2 Å². The minimum Gasteiger partial charge on any atom is -0.372 e. The Kier molecular flexibility index (Phi) is 6.23. The molecule has 0 aliphatic carbocycles. The van der Waals surface area contributed by atoms with Gasteiger partial charge in [-0.05, 0) is 51.5 Å². The summed E-state index contributed by atoms with van der Waals surface area (Å²) < 4.78 is 0. The van der Waals surface area contributed by atoms with E-state index in [1.165, 1.54) is 0 Å². The number of rotatable bonds is 7. The molecule has 132 valence electrons. The molecule has 1 N–H and O–H groups in total. The highest BCUT2D eigenvalue weighted by Crippen LogP contribution is 2.24. The van der Waals surface area contributed by atoms with Gasteiger partial charge >= 0.3 is 0 Å². The highest BCUT2D eigenvalue weighted by Gasteiger charge is 2.36. The van der Waals surface area contributed by atoms with Crippen LogP contribution in [0.25, 0.3) is 0 Å². The largest absolute Gasteiger partial charge is 0.372 e. The van der Waals surface area contributed by atoms with Gasteiger partial charge in [-0.25, -0.2) is 0 Å². The van der Waals surface area contributed by atoms with Crippen molar-refractivity contribution in [3.63, 3.8) is 0 Å². The second-order valence-electron chi connectivity index (χ2n) is 6.41. The maximum atomic E-state index is 12.4. The maximum absolute atomic E-state index is 12.4. The van der Waals surface area contributed by atoms with Crippen molar-refractivity contribution in [2.24, 2.45) is 5.92 Å². The molecule has 2 amide bonds. The van der Waals surface area contributed by atoms with E-state index in [1.54, 1.807) is 0 Å². The molecule has 2 atom stereocenters. The third-order valence-corrected chi connectivity index (χ3v) is 4.92.